The SMILES string of the molecule is Cc1cc(-c2nc(O[C@@H]3C[C@H]4C(=O)N[C@]5(C(=O)O)C[C@H]5/C=C/CCCCC[C@H](NC(=O)OC5CCCC5)C(=O)N4C3)c3sccc3n2)no1. The number of rotatable bonds is 6. The van der Waals surface area contributed by atoms with Gasteiger partial charge in [-0.15, -0.1) is 11.3 Å². The number of carboxylic acid groups (broad SMARTS) is 1. The van der Waals surface area contributed by atoms with Gasteiger partial charge in [0, 0.05) is 18.4 Å². The lowest BCUT2D eigenvalue weighted by Gasteiger charge is -2.29. The minimum absolute atomic E-state index is 0.0193. The van der Waals surface area contributed by atoms with Crippen molar-refractivity contribution in [1.82, 2.24) is 30.7 Å². The first-order valence-electron chi connectivity index (χ1n) is 17.1. The normalized spacial score (nSPS) is 28.6. The number of nitrogens with one attached hydrogen (secondary N) is 2. The molecule has 3 amide bonds. The number of alkyl carbamates (subject to hydrolysis) is 1. The maximum atomic E-state index is 14.3. The summed E-state index contributed by atoms with van der Waals surface area (Å²) in [6, 6.07) is 1.58. The average Bonchev–Trinajstić information content (AvgIpc) is 3.68. The van der Waals surface area contributed by atoms with Crippen LogP contribution in [-0.2, 0) is 19.1 Å². The zero-order valence-electron chi connectivity index (χ0n) is 27.3. The van der Waals surface area contributed by atoms with E-state index in [0.29, 0.717) is 40.3 Å². The van der Waals surface area contributed by atoms with E-state index in [9.17, 15) is 24.3 Å². The Bertz CT molecular complexity index is 1770. The Hall–Kier alpha value is -4.53. The van der Waals surface area contributed by atoms with Gasteiger partial charge in [-0.25, -0.2) is 14.6 Å². The lowest BCUT2D eigenvalue weighted by atomic mass is 10.0. The summed E-state index contributed by atoms with van der Waals surface area (Å²) in [6.45, 7) is 1.79. The number of carbonyl (C=O) groups excluding carboxylic acids is 3. The van der Waals surface area contributed by atoms with Crippen LogP contribution < -0.4 is 15.4 Å². The third kappa shape index (κ3) is 6.98. The summed E-state index contributed by atoms with van der Waals surface area (Å²) in [5, 5.41) is 21.7. The molecule has 49 heavy (non-hydrogen) atoms. The molecule has 3 aromatic heterocycles. The van der Waals surface area contributed by atoms with Crippen LogP contribution in [0.1, 0.15) is 76.4 Å². The van der Waals surface area contributed by atoms with E-state index < -0.39 is 47.6 Å². The molecule has 4 aliphatic rings. The van der Waals surface area contributed by atoms with E-state index >= 15 is 0 Å². The molecule has 0 spiro atoms. The molecule has 260 valence electrons. The van der Waals surface area contributed by atoms with Crippen molar-refractivity contribution in [3.63, 3.8) is 0 Å². The maximum absolute atomic E-state index is 14.3. The van der Waals surface area contributed by atoms with Crippen LogP contribution in [0, 0.1) is 12.8 Å². The lowest BCUT2D eigenvalue weighted by molar-refractivity contribution is -0.145. The van der Waals surface area contributed by atoms with Crippen LogP contribution in [0.2, 0.25) is 0 Å². The second kappa shape index (κ2) is 13.8. The molecule has 2 aliphatic carbocycles. The zero-order valence-corrected chi connectivity index (χ0v) is 28.1. The van der Waals surface area contributed by atoms with E-state index in [1.165, 1.54) is 16.2 Å². The molecule has 0 bridgehead atoms. The first-order valence-corrected chi connectivity index (χ1v) is 17.9. The summed E-state index contributed by atoms with van der Waals surface area (Å²) >= 11 is 1.40. The van der Waals surface area contributed by atoms with Gasteiger partial charge in [-0.05, 0) is 69.7 Å². The van der Waals surface area contributed by atoms with E-state index in [1.54, 1.807) is 13.0 Å². The Labute approximate surface area is 286 Å². The number of amides is 3. The highest BCUT2D eigenvalue weighted by atomic mass is 32.1. The van der Waals surface area contributed by atoms with Gasteiger partial charge >= 0.3 is 12.1 Å². The summed E-state index contributed by atoms with van der Waals surface area (Å²) in [7, 11) is 0. The van der Waals surface area contributed by atoms with Crippen molar-refractivity contribution < 1.29 is 38.3 Å². The first-order chi connectivity index (χ1) is 23.7. The number of fused-ring (bicyclic) bond motifs is 3. The van der Waals surface area contributed by atoms with Crippen molar-refractivity contribution >= 4 is 45.4 Å². The Morgan fingerprint density at radius 1 is 1.12 bits per heavy atom. The quantitative estimate of drug-likeness (QED) is 0.309. The van der Waals surface area contributed by atoms with Gasteiger partial charge in [0.1, 0.15) is 40.3 Å². The molecular formula is C34H40N6O8S. The Kier molecular flexibility index (Phi) is 9.27. The number of carbonyl (C=O) groups is 4. The third-order valence-electron chi connectivity index (χ3n) is 9.90. The molecule has 0 unspecified atom stereocenters. The number of hydrogen-bond acceptors (Lipinski definition) is 11. The molecule has 1 saturated heterocycles. The molecule has 5 atom stereocenters. The predicted molar refractivity (Wildman–Crippen MR) is 177 cm³/mol. The molecular weight excluding hydrogens is 652 g/mol. The molecule has 3 aromatic rings. The maximum Gasteiger partial charge on any atom is 0.408 e. The van der Waals surface area contributed by atoms with Crippen LogP contribution in [0.4, 0.5) is 4.79 Å². The molecule has 0 radical (unpaired) electrons. The average molecular weight is 693 g/mol. The minimum atomic E-state index is -1.44. The molecule has 2 saturated carbocycles. The van der Waals surface area contributed by atoms with E-state index in [0.717, 1.165) is 44.9 Å². The fourth-order valence-electron chi connectivity index (χ4n) is 7.14. The predicted octanol–water partition coefficient (Wildman–Crippen LogP) is 4.52. The number of hydrogen-bond donors (Lipinski definition) is 3. The van der Waals surface area contributed by atoms with E-state index in [1.807, 2.05) is 23.6 Å². The van der Waals surface area contributed by atoms with E-state index in [2.05, 4.69) is 25.8 Å². The van der Waals surface area contributed by atoms with Crippen LogP contribution >= 0.6 is 11.3 Å². The molecule has 0 aromatic carbocycles. The van der Waals surface area contributed by atoms with Crippen molar-refractivity contribution in [2.75, 3.05) is 6.54 Å². The van der Waals surface area contributed by atoms with Crippen molar-refractivity contribution in [2.45, 2.75) is 107 Å². The van der Waals surface area contributed by atoms with Crippen molar-refractivity contribution in [1.29, 1.82) is 0 Å². The van der Waals surface area contributed by atoms with Gasteiger partial charge in [0.05, 0.1) is 12.1 Å². The van der Waals surface area contributed by atoms with Gasteiger partial charge in [0.15, 0.2) is 11.5 Å². The Morgan fingerprint density at radius 3 is 2.71 bits per heavy atom. The fourth-order valence-corrected chi connectivity index (χ4v) is 7.90. The third-order valence-corrected chi connectivity index (χ3v) is 10.8. The smallest absolute Gasteiger partial charge is 0.408 e. The summed E-state index contributed by atoms with van der Waals surface area (Å²) in [5.74, 6) is -1.30. The molecule has 5 heterocycles. The van der Waals surface area contributed by atoms with Gasteiger partial charge in [-0.1, -0.05) is 30.2 Å². The second-order valence-electron chi connectivity index (χ2n) is 13.4. The number of allylic oxidation sites excluding steroid dienone is 1. The Morgan fingerprint density at radius 2 is 1.94 bits per heavy atom. The highest BCUT2D eigenvalue weighted by molar-refractivity contribution is 7.17. The summed E-state index contributed by atoms with van der Waals surface area (Å²) < 4.78 is 18.0. The van der Waals surface area contributed by atoms with Gasteiger partial charge < -0.3 is 34.6 Å². The summed E-state index contributed by atoms with van der Waals surface area (Å²) in [4.78, 5) is 64.5. The number of aryl methyl sites for hydroxylation is 1. The minimum Gasteiger partial charge on any atom is -0.479 e. The number of nitrogens with zero attached hydrogens (tertiary/aromatic N) is 4. The van der Waals surface area contributed by atoms with E-state index in [4.69, 9.17) is 14.0 Å². The van der Waals surface area contributed by atoms with Crippen LogP contribution in [0.25, 0.3) is 21.7 Å². The Balaban J connectivity index is 1.17. The van der Waals surface area contributed by atoms with Gasteiger partial charge in [-0.3, -0.25) is 9.59 Å². The number of carboxylic acids is 1. The second-order valence-corrected chi connectivity index (χ2v) is 14.4. The number of thiophene rings is 1. The zero-order chi connectivity index (χ0) is 34.1. The standard InChI is InChI=1S/C34H40N6O8S/c1-19-15-25(39-48-19)28-35-23-13-14-49-27(23)30(37-28)46-22-16-26-29(41)38-34(32(43)44)17-20(34)9-5-3-2-4-6-12-24(31(42)40(26)18-22)36-33(45)47-21-10-7-8-11-21/h5,9,13-15,20-22,24,26H,2-4,6-8,10-12,16-18H2,1H3,(H,36,45)(H,38,41)(H,43,44)/b9-5+/t20-,22-,24+,26+,34-/m1/s1. The molecule has 15 heteroatoms. The van der Waals surface area contributed by atoms with Crippen LogP contribution in [0.5, 0.6) is 5.88 Å². The van der Waals surface area contributed by atoms with Crippen LogP contribution in [0.15, 0.2) is 34.2 Å². The highest BCUT2D eigenvalue weighted by Crippen LogP contribution is 2.45. The topological polar surface area (TPSA) is 186 Å². The first kappa shape index (κ1) is 33.0. The van der Waals surface area contributed by atoms with Crippen molar-refractivity contribution in [3.8, 4) is 17.4 Å². The van der Waals surface area contributed by atoms with Gasteiger partial charge in [0.25, 0.3) is 0 Å². The molecule has 7 rings (SSSR count). The number of ether oxygens (including phenoxy) is 2. The van der Waals surface area contributed by atoms with Crippen molar-refractivity contribution in [2.24, 2.45) is 5.92 Å². The molecule has 3 fully saturated rings. The van der Waals surface area contributed by atoms with Gasteiger partial charge in [0.2, 0.25) is 17.7 Å². The summed E-state index contributed by atoms with van der Waals surface area (Å²) in [5.41, 5.74) is -0.354. The number of aliphatic carboxylic acids is 1. The van der Waals surface area contributed by atoms with Gasteiger partial charge in [-0.2, -0.15) is 4.98 Å². The summed E-state index contributed by atoms with van der Waals surface area (Å²) in [6.07, 6.45) is 9.68. The molecule has 3 N–H and O–H groups in total. The molecule has 2 aliphatic heterocycles. The van der Waals surface area contributed by atoms with Crippen LogP contribution in [0.3, 0.4) is 0 Å². The monoisotopic (exact) mass is 692 g/mol. The van der Waals surface area contributed by atoms with E-state index in [-0.39, 0.29) is 37.3 Å². The number of aromatic nitrogens is 3. The van der Waals surface area contributed by atoms with Crippen LogP contribution in [-0.4, -0.2) is 85.4 Å². The molecule has 14 nitrogen and oxygen atoms in total. The highest BCUT2D eigenvalue weighted by Gasteiger charge is 2.61. The lowest BCUT2D eigenvalue weighted by Crippen LogP contribution is -2.56. The largest absolute Gasteiger partial charge is 0.479 e. The van der Waals surface area contributed by atoms with Crippen molar-refractivity contribution in [3.05, 3.63) is 35.4 Å². The fraction of sp³-hybridized carbons (Fsp3) is 0.559.